The second-order valence-corrected chi connectivity index (χ2v) is 6.94. The maximum atomic E-state index is 13.1. The van der Waals surface area contributed by atoms with E-state index in [4.69, 9.17) is 11.5 Å². The molecule has 23 heavy (non-hydrogen) atoms. The molecule has 1 saturated carbocycles. The molecular weight excluding hydrogens is 312 g/mol. The number of benzene rings is 1. The number of anilines is 1. The van der Waals surface area contributed by atoms with E-state index in [1.54, 1.807) is 11.0 Å². The molecule has 2 amide bonds. The number of amides is 2. The first-order valence-electron chi connectivity index (χ1n) is 7.48. The normalized spacial score (nSPS) is 25.2. The van der Waals surface area contributed by atoms with Gasteiger partial charge in [0.05, 0.1) is 5.69 Å². The lowest BCUT2D eigenvalue weighted by Crippen LogP contribution is -2.46. The highest BCUT2D eigenvalue weighted by molar-refractivity contribution is 7.13. The number of nitrogens with zero attached hydrogens (tertiary/aromatic N) is 2. The minimum atomic E-state index is -0.500. The lowest BCUT2D eigenvalue weighted by atomic mass is 10.0. The second-order valence-electron chi connectivity index (χ2n) is 6.05. The number of hydrogen-bond donors (Lipinski definition) is 2. The number of primary amides is 1. The summed E-state index contributed by atoms with van der Waals surface area (Å²) in [5, 5.41) is 2.29. The van der Waals surface area contributed by atoms with E-state index in [1.165, 1.54) is 11.3 Å². The summed E-state index contributed by atoms with van der Waals surface area (Å²) in [5.74, 6) is -0.166. The van der Waals surface area contributed by atoms with E-state index in [2.05, 4.69) is 4.98 Å². The molecule has 4 N–H and O–H groups in total. The van der Waals surface area contributed by atoms with Crippen LogP contribution in [0.25, 0.3) is 11.3 Å². The Morgan fingerprint density at radius 2 is 2.04 bits per heavy atom. The van der Waals surface area contributed by atoms with Crippen molar-refractivity contribution >= 4 is 28.3 Å². The van der Waals surface area contributed by atoms with Crippen LogP contribution in [0.15, 0.2) is 29.6 Å². The molecule has 1 saturated heterocycles. The fourth-order valence-electron chi connectivity index (χ4n) is 3.45. The van der Waals surface area contributed by atoms with E-state index in [0.29, 0.717) is 28.7 Å². The topological polar surface area (TPSA) is 102 Å². The molecule has 1 aliphatic carbocycles. The number of aromatic nitrogens is 1. The quantitative estimate of drug-likeness (QED) is 0.891. The average molecular weight is 328 g/mol. The van der Waals surface area contributed by atoms with E-state index in [1.807, 2.05) is 23.6 Å². The van der Waals surface area contributed by atoms with Gasteiger partial charge in [-0.2, -0.15) is 0 Å². The molecule has 1 aromatic heterocycles. The van der Waals surface area contributed by atoms with Crippen LogP contribution in [0.2, 0.25) is 0 Å². The lowest BCUT2D eigenvalue weighted by molar-refractivity contribution is -0.122. The van der Waals surface area contributed by atoms with Crippen molar-refractivity contribution in [3.05, 3.63) is 35.2 Å². The molecule has 3 atom stereocenters. The van der Waals surface area contributed by atoms with Crippen molar-refractivity contribution in [2.45, 2.75) is 24.9 Å². The smallest absolute Gasteiger partial charge is 0.255 e. The number of hydrogen-bond acceptors (Lipinski definition) is 5. The van der Waals surface area contributed by atoms with Crippen molar-refractivity contribution in [1.29, 1.82) is 0 Å². The first-order valence-corrected chi connectivity index (χ1v) is 8.36. The van der Waals surface area contributed by atoms with Crippen LogP contribution in [0.3, 0.4) is 0 Å². The van der Waals surface area contributed by atoms with Gasteiger partial charge in [0.25, 0.3) is 5.91 Å². The van der Waals surface area contributed by atoms with E-state index in [0.717, 1.165) is 12.0 Å². The molecule has 1 aromatic carbocycles. The summed E-state index contributed by atoms with van der Waals surface area (Å²) in [6, 6.07) is 6.93. The van der Waals surface area contributed by atoms with E-state index < -0.39 is 11.9 Å². The van der Waals surface area contributed by atoms with Gasteiger partial charge in [-0.15, -0.1) is 11.3 Å². The van der Waals surface area contributed by atoms with Crippen molar-refractivity contribution in [3.63, 3.8) is 0 Å². The molecule has 2 heterocycles. The highest BCUT2D eigenvalue weighted by Gasteiger charge is 2.55. The molecule has 4 rings (SSSR count). The van der Waals surface area contributed by atoms with Crippen LogP contribution in [0.5, 0.6) is 0 Å². The highest BCUT2D eigenvalue weighted by atomic mass is 32.1. The summed E-state index contributed by atoms with van der Waals surface area (Å²) in [6.45, 7) is 0. The van der Waals surface area contributed by atoms with Crippen LogP contribution in [0.4, 0.5) is 5.13 Å². The number of thiazole rings is 1. The predicted molar refractivity (Wildman–Crippen MR) is 87.6 cm³/mol. The van der Waals surface area contributed by atoms with Crippen molar-refractivity contribution < 1.29 is 9.59 Å². The monoisotopic (exact) mass is 328 g/mol. The largest absolute Gasteiger partial charge is 0.375 e. The zero-order valence-corrected chi connectivity index (χ0v) is 13.1. The first-order chi connectivity index (χ1) is 11.1. The standard InChI is InChI=1S/C16H16N4O2S/c17-14(21)13-6-8-5-12(8)20(13)15(22)10-4-2-1-3-9(10)11-7-23-16(18)19-11/h1-4,7-8,12-13H,5-6H2,(H2,17,21)(H2,18,19)/t8-,12-,13-/m0/s1. The molecule has 0 radical (unpaired) electrons. The third-order valence-corrected chi connectivity index (χ3v) is 5.30. The molecule has 2 aliphatic rings. The molecule has 7 heteroatoms. The van der Waals surface area contributed by atoms with Gasteiger partial charge in [-0.1, -0.05) is 18.2 Å². The number of carbonyl (C=O) groups excluding carboxylic acids is 2. The Bertz CT molecular complexity index is 803. The molecule has 0 bridgehead atoms. The number of nitrogen functional groups attached to an aromatic ring is 1. The predicted octanol–water partition coefficient (Wildman–Crippen LogP) is 1.48. The number of rotatable bonds is 3. The molecule has 6 nitrogen and oxygen atoms in total. The summed E-state index contributed by atoms with van der Waals surface area (Å²) in [6.07, 6.45) is 1.64. The fourth-order valence-corrected chi connectivity index (χ4v) is 4.01. The zero-order valence-electron chi connectivity index (χ0n) is 12.3. The molecule has 0 unspecified atom stereocenters. The molecule has 2 fully saturated rings. The van der Waals surface area contributed by atoms with Crippen molar-refractivity contribution in [1.82, 2.24) is 9.88 Å². The van der Waals surface area contributed by atoms with Gasteiger partial charge in [-0.05, 0) is 24.8 Å². The molecule has 1 aliphatic heterocycles. The Hall–Kier alpha value is -2.41. The Labute approximate surface area is 137 Å². The summed E-state index contributed by atoms with van der Waals surface area (Å²) in [7, 11) is 0. The van der Waals surface area contributed by atoms with Crippen LogP contribution < -0.4 is 11.5 Å². The Morgan fingerprint density at radius 1 is 1.26 bits per heavy atom. The van der Waals surface area contributed by atoms with Gasteiger partial charge in [0.2, 0.25) is 5.91 Å². The second kappa shape index (κ2) is 5.06. The number of fused-ring (bicyclic) bond motifs is 1. The Morgan fingerprint density at radius 3 is 2.74 bits per heavy atom. The Balaban J connectivity index is 1.73. The molecule has 0 spiro atoms. The van der Waals surface area contributed by atoms with Crippen molar-refractivity contribution in [3.8, 4) is 11.3 Å². The van der Waals surface area contributed by atoms with Crippen molar-refractivity contribution in [2.24, 2.45) is 11.7 Å². The Kier molecular flexibility index (Phi) is 3.12. The number of piperidine rings is 1. The van der Waals surface area contributed by atoms with Gasteiger partial charge in [0, 0.05) is 22.5 Å². The molecule has 118 valence electrons. The van der Waals surface area contributed by atoms with Crippen LogP contribution in [-0.2, 0) is 4.79 Å². The van der Waals surface area contributed by atoms with Gasteiger partial charge in [0.15, 0.2) is 5.13 Å². The SMILES string of the molecule is NC(=O)[C@@H]1C[C@@H]2C[C@@H]2N1C(=O)c1ccccc1-c1csc(N)n1. The maximum absolute atomic E-state index is 13.1. The summed E-state index contributed by atoms with van der Waals surface area (Å²) in [4.78, 5) is 30.7. The van der Waals surface area contributed by atoms with Gasteiger partial charge in [-0.3, -0.25) is 9.59 Å². The van der Waals surface area contributed by atoms with Crippen LogP contribution >= 0.6 is 11.3 Å². The van der Waals surface area contributed by atoms with E-state index >= 15 is 0 Å². The highest BCUT2D eigenvalue weighted by Crippen LogP contribution is 2.48. The van der Waals surface area contributed by atoms with Gasteiger partial charge >= 0.3 is 0 Å². The third kappa shape index (κ3) is 2.28. The number of carbonyl (C=O) groups is 2. The van der Waals surface area contributed by atoms with Gasteiger partial charge in [-0.25, -0.2) is 4.98 Å². The summed E-state index contributed by atoms with van der Waals surface area (Å²) in [5.41, 5.74) is 13.1. The van der Waals surface area contributed by atoms with Crippen LogP contribution in [0.1, 0.15) is 23.2 Å². The van der Waals surface area contributed by atoms with E-state index in [9.17, 15) is 9.59 Å². The van der Waals surface area contributed by atoms with Crippen LogP contribution in [0, 0.1) is 5.92 Å². The summed E-state index contributed by atoms with van der Waals surface area (Å²) >= 11 is 1.33. The van der Waals surface area contributed by atoms with E-state index in [-0.39, 0.29) is 11.9 Å². The lowest BCUT2D eigenvalue weighted by Gasteiger charge is -2.26. The minimum Gasteiger partial charge on any atom is -0.375 e. The molecule has 2 aromatic rings. The summed E-state index contributed by atoms with van der Waals surface area (Å²) < 4.78 is 0. The number of nitrogens with two attached hydrogens (primary N) is 2. The first kappa shape index (κ1) is 14.2. The van der Waals surface area contributed by atoms with Gasteiger partial charge in [0.1, 0.15) is 6.04 Å². The third-order valence-electron chi connectivity index (χ3n) is 4.62. The fraction of sp³-hybridized carbons (Fsp3) is 0.312. The van der Waals surface area contributed by atoms with Crippen molar-refractivity contribution in [2.75, 3.05) is 5.73 Å². The maximum Gasteiger partial charge on any atom is 0.255 e. The van der Waals surface area contributed by atoms with Crippen LogP contribution in [-0.4, -0.2) is 33.8 Å². The average Bonchev–Trinajstić information content (AvgIpc) is 2.99. The molecular formula is C16H16N4O2S. The van der Waals surface area contributed by atoms with Gasteiger partial charge < -0.3 is 16.4 Å². The number of likely N-dealkylation sites (tertiary alicyclic amines) is 1. The minimum absolute atomic E-state index is 0.147. The zero-order chi connectivity index (χ0) is 16.1.